The monoisotopic (exact) mass is 304 g/mol. The number of carbonyl (C=O) groups is 1. The molecule has 0 aromatic carbocycles. The van der Waals surface area contributed by atoms with E-state index >= 15 is 0 Å². The minimum atomic E-state index is -4.50. The molecule has 0 unspecified atom stereocenters. The van der Waals surface area contributed by atoms with Crippen LogP contribution >= 0.6 is 11.3 Å². The maximum atomic E-state index is 12.9. The molecule has 0 saturated carbocycles. The van der Waals surface area contributed by atoms with Crippen LogP contribution in [0.4, 0.5) is 13.2 Å². The summed E-state index contributed by atoms with van der Waals surface area (Å²) < 4.78 is 39.7. The van der Waals surface area contributed by atoms with E-state index in [2.05, 4.69) is 5.10 Å². The molecule has 0 spiro atoms. The van der Waals surface area contributed by atoms with E-state index in [1.807, 2.05) is 0 Å². The van der Waals surface area contributed by atoms with Crippen molar-refractivity contribution in [1.29, 1.82) is 0 Å². The van der Waals surface area contributed by atoms with Crippen LogP contribution in [0, 0.1) is 0 Å². The second-order valence-corrected chi connectivity index (χ2v) is 5.50. The first-order valence-corrected chi connectivity index (χ1v) is 6.52. The van der Waals surface area contributed by atoms with Gasteiger partial charge in [-0.1, -0.05) is 0 Å². The molecule has 0 aliphatic heterocycles. The van der Waals surface area contributed by atoms with Gasteiger partial charge in [0.15, 0.2) is 0 Å². The average Bonchev–Trinajstić information content (AvgIpc) is 2.94. The van der Waals surface area contributed by atoms with Crippen LogP contribution in [0.3, 0.4) is 0 Å². The van der Waals surface area contributed by atoms with E-state index in [1.165, 1.54) is 12.1 Å². The van der Waals surface area contributed by atoms with Crippen LogP contribution < -0.4 is 0 Å². The Balaban J connectivity index is 2.50. The van der Waals surface area contributed by atoms with Crippen LogP contribution in [-0.2, 0) is 6.18 Å². The average molecular weight is 304 g/mol. The molecule has 4 nitrogen and oxygen atoms in total. The van der Waals surface area contributed by atoms with Gasteiger partial charge in [-0.3, -0.25) is 4.68 Å². The fourth-order valence-corrected chi connectivity index (χ4v) is 2.51. The van der Waals surface area contributed by atoms with Gasteiger partial charge in [0.25, 0.3) is 0 Å². The van der Waals surface area contributed by atoms with Gasteiger partial charge in [0, 0.05) is 6.04 Å². The molecule has 20 heavy (non-hydrogen) atoms. The summed E-state index contributed by atoms with van der Waals surface area (Å²) in [5.74, 6) is -1.11. The molecule has 0 fully saturated rings. The molecule has 2 aromatic rings. The number of aromatic carboxylic acids is 1. The van der Waals surface area contributed by atoms with E-state index in [-0.39, 0.29) is 10.6 Å². The van der Waals surface area contributed by atoms with Crippen LogP contribution in [0.25, 0.3) is 10.6 Å². The summed E-state index contributed by atoms with van der Waals surface area (Å²) in [5, 5.41) is 12.8. The molecule has 0 radical (unpaired) electrons. The first-order valence-electron chi connectivity index (χ1n) is 5.70. The standard InChI is InChI=1S/C12H11F3N2O2S/c1-6(2)17-10(12(13,14)15)5-7(16-17)8-3-4-9(20-8)11(18)19/h3-6H,1-2H3,(H,18,19). The summed E-state index contributed by atoms with van der Waals surface area (Å²) in [5.41, 5.74) is -0.712. The smallest absolute Gasteiger partial charge is 0.433 e. The third-order valence-corrected chi connectivity index (χ3v) is 3.68. The summed E-state index contributed by atoms with van der Waals surface area (Å²) in [6.45, 7) is 3.20. The molecule has 0 aliphatic carbocycles. The zero-order valence-electron chi connectivity index (χ0n) is 10.6. The summed E-state index contributed by atoms with van der Waals surface area (Å²) in [7, 11) is 0. The van der Waals surface area contributed by atoms with Crippen molar-refractivity contribution >= 4 is 17.3 Å². The summed E-state index contributed by atoms with van der Waals surface area (Å²) >= 11 is 0.896. The number of hydrogen-bond donors (Lipinski definition) is 1. The van der Waals surface area contributed by atoms with E-state index in [1.54, 1.807) is 13.8 Å². The molecular formula is C12H11F3N2O2S. The fourth-order valence-electron chi connectivity index (χ4n) is 1.71. The van der Waals surface area contributed by atoms with Gasteiger partial charge in [-0.2, -0.15) is 18.3 Å². The van der Waals surface area contributed by atoms with Crippen LogP contribution in [0.1, 0.15) is 35.3 Å². The maximum Gasteiger partial charge on any atom is 0.433 e. The number of aromatic nitrogens is 2. The summed E-state index contributed by atoms with van der Waals surface area (Å²) in [6.07, 6.45) is -4.50. The largest absolute Gasteiger partial charge is 0.477 e. The van der Waals surface area contributed by atoms with Gasteiger partial charge in [0.05, 0.1) is 4.88 Å². The van der Waals surface area contributed by atoms with Gasteiger partial charge in [0.1, 0.15) is 16.3 Å². The van der Waals surface area contributed by atoms with Crippen molar-refractivity contribution in [3.63, 3.8) is 0 Å². The van der Waals surface area contributed by atoms with E-state index in [0.29, 0.717) is 4.88 Å². The molecule has 0 atom stereocenters. The second kappa shape index (κ2) is 4.93. The van der Waals surface area contributed by atoms with Gasteiger partial charge in [0.2, 0.25) is 0 Å². The minimum absolute atomic E-state index is 0.0626. The van der Waals surface area contributed by atoms with Crippen molar-refractivity contribution in [2.75, 3.05) is 0 Å². The van der Waals surface area contributed by atoms with Gasteiger partial charge in [-0.15, -0.1) is 11.3 Å². The fraction of sp³-hybridized carbons (Fsp3) is 0.333. The lowest BCUT2D eigenvalue weighted by Gasteiger charge is -2.12. The van der Waals surface area contributed by atoms with Crippen LogP contribution in [0.5, 0.6) is 0 Å². The van der Waals surface area contributed by atoms with Gasteiger partial charge >= 0.3 is 12.1 Å². The molecule has 0 saturated heterocycles. The Bertz CT molecular complexity index is 643. The SMILES string of the molecule is CC(C)n1nc(-c2ccc(C(=O)O)s2)cc1C(F)(F)F. The van der Waals surface area contributed by atoms with E-state index in [4.69, 9.17) is 5.11 Å². The Morgan fingerprint density at radius 2 is 2.05 bits per heavy atom. The molecule has 2 aromatic heterocycles. The Morgan fingerprint density at radius 1 is 1.40 bits per heavy atom. The van der Waals surface area contributed by atoms with Gasteiger partial charge in [-0.25, -0.2) is 4.79 Å². The number of rotatable bonds is 3. The summed E-state index contributed by atoms with van der Waals surface area (Å²) in [4.78, 5) is 11.2. The number of nitrogens with zero attached hydrogens (tertiary/aromatic N) is 2. The summed E-state index contributed by atoms with van der Waals surface area (Å²) in [6, 6.07) is 3.31. The van der Waals surface area contributed by atoms with Crippen molar-refractivity contribution in [1.82, 2.24) is 9.78 Å². The number of carboxylic acids is 1. The highest BCUT2D eigenvalue weighted by atomic mass is 32.1. The van der Waals surface area contributed by atoms with Crippen LogP contribution in [-0.4, -0.2) is 20.9 Å². The first-order chi connectivity index (χ1) is 9.20. The highest BCUT2D eigenvalue weighted by molar-refractivity contribution is 7.17. The number of halogens is 3. The Hall–Kier alpha value is -1.83. The Morgan fingerprint density at radius 3 is 2.45 bits per heavy atom. The molecule has 108 valence electrons. The van der Waals surface area contributed by atoms with Crippen molar-refractivity contribution in [2.24, 2.45) is 0 Å². The molecule has 8 heteroatoms. The quantitative estimate of drug-likeness (QED) is 0.935. The zero-order chi connectivity index (χ0) is 15.1. The number of carboxylic acid groups (broad SMARTS) is 1. The predicted molar refractivity (Wildman–Crippen MR) is 67.9 cm³/mol. The topological polar surface area (TPSA) is 55.1 Å². The van der Waals surface area contributed by atoms with E-state index < -0.39 is 23.9 Å². The van der Waals surface area contributed by atoms with Crippen molar-refractivity contribution < 1.29 is 23.1 Å². The molecular weight excluding hydrogens is 293 g/mol. The molecule has 2 heterocycles. The lowest BCUT2D eigenvalue weighted by Crippen LogP contribution is -2.16. The molecule has 1 N–H and O–H groups in total. The number of alkyl halides is 3. The maximum absolute atomic E-state index is 12.9. The third-order valence-electron chi connectivity index (χ3n) is 2.58. The van der Waals surface area contributed by atoms with Crippen molar-refractivity contribution in [3.8, 4) is 10.6 Å². The predicted octanol–water partition coefficient (Wildman–Crippen LogP) is 3.91. The van der Waals surface area contributed by atoms with Crippen LogP contribution in [0.15, 0.2) is 18.2 Å². The lowest BCUT2D eigenvalue weighted by molar-refractivity contribution is -0.144. The van der Waals surface area contributed by atoms with E-state index in [0.717, 1.165) is 22.1 Å². The van der Waals surface area contributed by atoms with Gasteiger partial charge in [-0.05, 0) is 32.0 Å². The first kappa shape index (κ1) is 14.6. The molecule has 0 bridgehead atoms. The number of thiophene rings is 1. The lowest BCUT2D eigenvalue weighted by atomic mass is 10.3. The molecule has 0 aliphatic rings. The highest BCUT2D eigenvalue weighted by Crippen LogP contribution is 2.35. The van der Waals surface area contributed by atoms with Crippen molar-refractivity contribution in [3.05, 3.63) is 28.8 Å². The molecule has 2 rings (SSSR count). The van der Waals surface area contributed by atoms with E-state index in [9.17, 15) is 18.0 Å². The number of hydrogen-bond acceptors (Lipinski definition) is 3. The third kappa shape index (κ3) is 2.69. The van der Waals surface area contributed by atoms with Gasteiger partial charge < -0.3 is 5.11 Å². The van der Waals surface area contributed by atoms with Crippen molar-refractivity contribution in [2.45, 2.75) is 26.1 Å². The minimum Gasteiger partial charge on any atom is -0.477 e. The zero-order valence-corrected chi connectivity index (χ0v) is 11.4. The normalized spacial score (nSPS) is 12.1. The second-order valence-electron chi connectivity index (χ2n) is 4.42. The molecule has 0 amide bonds. The Kier molecular flexibility index (Phi) is 3.59. The van der Waals surface area contributed by atoms with Crippen LogP contribution in [0.2, 0.25) is 0 Å². The Labute approximate surface area is 116 Å². The highest BCUT2D eigenvalue weighted by Gasteiger charge is 2.36.